The summed E-state index contributed by atoms with van der Waals surface area (Å²) in [5.41, 5.74) is 2.74. The molecule has 2 atom stereocenters. The number of hydrogen-bond donors (Lipinski definition) is 1. The van der Waals surface area contributed by atoms with Crippen LogP contribution in [0.2, 0.25) is 0 Å². The van der Waals surface area contributed by atoms with E-state index >= 15 is 0 Å². The number of non-ortho nitro benzene ring substituents is 1. The zero-order valence-electron chi connectivity index (χ0n) is 22.7. The lowest BCUT2D eigenvalue weighted by atomic mass is 10.0. The number of esters is 1. The topological polar surface area (TPSA) is 111 Å². The van der Waals surface area contributed by atoms with Gasteiger partial charge in [-0.2, -0.15) is 0 Å². The predicted molar refractivity (Wildman–Crippen MR) is 167 cm³/mol. The molecule has 1 aliphatic rings. The zero-order valence-corrected chi connectivity index (χ0v) is 24.4. The van der Waals surface area contributed by atoms with Crippen molar-refractivity contribution in [3.05, 3.63) is 136 Å². The Balaban J connectivity index is 1.34. The van der Waals surface area contributed by atoms with E-state index < -0.39 is 10.9 Å². The summed E-state index contributed by atoms with van der Waals surface area (Å²) in [4.78, 5) is 31.5. The maximum Gasteiger partial charge on any atom is 0.338 e. The van der Waals surface area contributed by atoms with Gasteiger partial charge in [-0.15, -0.1) is 0 Å². The van der Waals surface area contributed by atoms with E-state index in [1.807, 2.05) is 71.6 Å². The summed E-state index contributed by atoms with van der Waals surface area (Å²) in [5.74, 6) is 0.724. The van der Waals surface area contributed by atoms with Gasteiger partial charge in [0.2, 0.25) is 0 Å². The number of pyridine rings is 1. The third kappa shape index (κ3) is 5.72. The normalized spacial score (nSPS) is 16.1. The monoisotopic (exact) mass is 608 g/mol. The lowest BCUT2D eigenvalue weighted by Crippen LogP contribution is -2.29. The molecule has 43 heavy (non-hydrogen) atoms. The Bertz CT molecular complexity index is 1790. The SMILES string of the molecule is COC(=O)c1ccccc1-c1ccc([C@H]2[C@H](c3ccccn3)NC(=S)N2c2ccc(Sc3ccc([N+](=O)[O-])cc3)cc2)o1. The highest BCUT2D eigenvalue weighted by atomic mass is 32.2. The number of benzene rings is 3. The number of anilines is 1. The molecule has 1 aliphatic heterocycles. The van der Waals surface area contributed by atoms with Crippen molar-refractivity contribution >= 4 is 46.4 Å². The van der Waals surface area contributed by atoms with Crippen molar-refractivity contribution in [1.29, 1.82) is 0 Å². The van der Waals surface area contributed by atoms with E-state index in [0.717, 1.165) is 21.2 Å². The van der Waals surface area contributed by atoms with Crippen LogP contribution in [-0.4, -0.2) is 28.1 Å². The van der Waals surface area contributed by atoms with Crippen molar-refractivity contribution in [2.75, 3.05) is 12.0 Å². The Hall–Kier alpha value is -5.00. The van der Waals surface area contributed by atoms with Gasteiger partial charge in [-0.05, 0) is 78.9 Å². The number of methoxy groups -OCH3 is 1. The quantitative estimate of drug-likeness (QED) is 0.0830. The summed E-state index contributed by atoms with van der Waals surface area (Å²) in [6.07, 6.45) is 1.74. The van der Waals surface area contributed by atoms with Crippen LogP contribution in [0.15, 0.2) is 124 Å². The number of furan rings is 1. The maximum absolute atomic E-state index is 12.4. The molecule has 0 amide bonds. The lowest BCUT2D eigenvalue weighted by molar-refractivity contribution is -0.384. The molecule has 3 heterocycles. The first-order chi connectivity index (χ1) is 20.9. The highest BCUT2D eigenvalue weighted by molar-refractivity contribution is 7.99. The van der Waals surface area contributed by atoms with E-state index in [1.54, 1.807) is 30.5 Å². The molecule has 1 saturated heterocycles. The molecule has 1 N–H and O–H groups in total. The molecule has 214 valence electrons. The fraction of sp³-hybridized carbons (Fsp3) is 0.0938. The number of nitro groups is 1. The van der Waals surface area contributed by atoms with Gasteiger partial charge in [0.1, 0.15) is 17.6 Å². The molecule has 3 aromatic carbocycles. The zero-order chi connectivity index (χ0) is 29.9. The second-order valence-electron chi connectivity index (χ2n) is 9.58. The Morgan fingerprint density at radius 2 is 1.67 bits per heavy atom. The molecule has 0 aliphatic carbocycles. The Morgan fingerprint density at radius 1 is 0.977 bits per heavy atom. The summed E-state index contributed by atoms with van der Waals surface area (Å²) in [7, 11) is 1.35. The van der Waals surface area contributed by atoms with Crippen LogP contribution in [0.5, 0.6) is 0 Å². The van der Waals surface area contributed by atoms with Crippen LogP contribution in [0.4, 0.5) is 11.4 Å². The fourth-order valence-electron chi connectivity index (χ4n) is 5.01. The average Bonchev–Trinajstić information content (AvgIpc) is 3.66. The van der Waals surface area contributed by atoms with Crippen molar-refractivity contribution in [3.8, 4) is 11.3 Å². The van der Waals surface area contributed by atoms with E-state index in [4.69, 9.17) is 21.4 Å². The van der Waals surface area contributed by atoms with Gasteiger partial charge in [-0.25, -0.2) is 4.79 Å². The van der Waals surface area contributed by atoms with Gasteiger partial charge in [0, 0.05) is 39.4 Å². The molecule has 0 spiro atoms. The number of thiocarbonyl (C=S) groups is 1. The van der Waals surface area contributed by atoms with E-state index in [0.29, 0.717) is 27.8 Å². The third-order valence-electron chi connectivity index (χ3n) is 7.01. The van der Waals surface area contributed by atoms with Crippen molar-refractivity contribution < 1.29 is 18.9 Å². The number of carbonyl (C=O) groups is 1. The van der Waals surface area contributed by atoms with Crippen LogP contribution < -0.4 is 10.2 Å². The summed E-state index contributed by atoms with van der Waals surface area (Å²) >= 11 is 7.35. The number of carbonyl (C=O) groups excluding carboxylic acids is 1. The molecule has 9 nitrogen and oxygen atoms in total. The molecule has 1 fully saturated rings. The first kappa shape index (κ1) is 28.1. The molecule has 0 saturated carbocycles. The predicted octanol–water partition coefficient (Wildman–Crippen LogP) is 7.36. The minimum atomic E-state index is -0.447. The largest absolute Gasteiger partial charge is 0.465 e. The summed E-state index contributed by atoms with van der Waals surface area (Å²) < 4.78 is 11.4. The number of hydrogen-bond acceptors (Lipinski definition) is 8. The van der Waals surface area contributed by atoms with Gasteiger partial charge in [-0.1, -0.05) is 36.0 Å². The van der Waals surface area contributed by atoms with Crippen LogP contribution in [-0.2, 0) is 4.74 Å². The van der Waals surface area contributed by atoms with E-state index in [-0.39, 0.29) is 17.8 Å². The van der Waals surface area contributed by atoms with Crippen molar-refractivity contribution in [2.45, 2.75) is 21.9 Å². The highest BCUT2D eigenvalue weighted by Gasteiger charge is 2.42. The summed E-state index contributed by atoms with van der Waals surface area (Å²) in [6, 6.07) is 30.3. The van der Waals surface area contributed by atoms with Gasteiger partial charge >= 0.3 is 5.97 Å². The minimum Gasteiger partial charge on any atom is -0.465 e. The van der Waals surface area contributed by atoms with Gasteiger partial charge in [0.15, 0.2) is 5.11 Å². The van der Waals surface area contributed by atoms with E-state index in [1.165, 1.54) is 31.0 Å². The van der Waals surface area contributed by atoms with Crippen LogP contribution >= 0.6 is 24.0 Å². The van der Waals surface area contributed by atoms with Gasteiger partial charge in [0.25, 0.3) is 5.69 Å². The first-order valence-electron chi connectivity index (χ1n) is 13.2. The number of nitrogens with zero attached hydrogens (tertiary/aromatic N) is 3. The second-order valence-corrected chi connectivity index (χ2v) is 11.1. The molecule has 0 bridgehead atoms. The Kier molecular flexibility index (Phi) is 7.91. The number of nitro benzene ring substituents is 1. The average molecular weight is 609 g/mol. The van der Waals surface area contributed by atoms with Crippen molar-refractivity contribution in [3.63, 3.8) is 0 Å². The number of rotatable bonds is 8. The van der Waals surface area contributed by atoms with Gasteiger partial charge in [-0.3, -0.25) is 15.1 Å². The standard InChI is InChI=1S/C32H24N4O5S2/c1-40-31(37)25-7-3-2-6-24(25)27-17-18-28(41-27)30-29(26-8-4-5-19-33-26)34-32(42)35(30)20-9-13-22(14-10-20)43-23-15-11-21(12-16-23)36(38)39/h2-19,29-30H,1H3,(H,34,42)/t29-,30-/m0/s1. The molecule has 6 rings (SSSR count). The number of ether oxygens (including phenoxy) is 1. The first-order valence-corrected chi connectivity index (χ1v) is 14.5. The molecule has 0 radical (unpaired) electrons. The van der Waals surface area contributed by atoms with Crippen molar-refractivity contribution in [2.24, 2.45) is 0 Å². The molecular formula is C32H24N4O5S2. The third-order valence-corrected chi connectivity index (χ3v) is 8.34. The Morgan fingerprint density at radius 3 is 2.35 bits per heavy atom. The van der Waals surface area contributed by atoms with Crippen LogP contribution in [0.3, 0.4) is 0 Å². The summed E-state index contributed by atoms with van der Waals surface area (Å²) in [5, 5.41) is 14.9. The van der Waals surface area contributed by atoms with Gasteiger partial charge in [0.05, 0.1) is 29.3 Å². The number of nitrogens with one attached hydrogen (secondary N) is 1. The Labute approximate surface area is 256 Å². The van der Waals surface area contributed by atoms with Crippen LogP contribution in [0.1, 0.15) is 33.9 Å². The van der Waals surface area contributed by atoms with E-state index in [9.17, 15) is 14.9 Å². The molecule has 5 aromatic rings. The second kappa shape index (κ2) is 12.1. The van der Waals surface area contributed by atoms with E-state index in [2.05, 4.69) is 10.3 Å². The van der Waals surface area contributed by atoms with Crippen LogP contribution in [0, 0.1) is 10.1 Å². The molecule has 2 aromatic heterocycles. The molecule has 0 unspecified atom stereocenters. The highest BCUT2D eigenvalue weighted by Crippen LogP contribution is 2.43. The minimum absolute atomic E-state index is 0.0538. The number of aromatic nitrogens is 1. The lowest BCUT2D eigenvalue weighted by Gasteiger charge is -2.26. The van der Waals surface area contributed by atoms with Gasteiger partial charge < -0.3 is 19.4 Å². The van der Waals surface area contributed by atoms with Crippen molar-refractivity contribution in [1.82, 2.24) is 10.3 Å². The molecule has 11 heteroatoms. The molecular weight excluding hydrogens is 585 g/mol. The summed E-state index contributed by atoms with van der Waals surface area (Å²) in [6.45, 7) is 0. The smallest absolute Gasteiger partial charge is 0.338 e. The van der Waals surface area contributed by atoms with Crippen LogP contribution in [0.25, 0.3) is 11.3 Å². The fourth-order valence-corrected chi connectivity index (χ4v) is 6.17. The maximum atomic E-state index is 12.4.